The van der Waals surface area contributed by atoms with E-state index in [1.165, 1.54) is 11.1 Å². The van der Waals surface area contributed by atoms with E-state index in [1.54, 1.807) is 7.11 Å². The number of methoxy groups -OCH3 is 1. The van der Waals surface area contributed by atoms with Gasteiger partial charge in [-0.1, -0.05) is 42.5 Å². The Morgan fingerprint density at radius 2 is 1.68 bits per heavy atom. The Hall–Kier alpha value is -3.11. The van der Waals surface area contributed by atoms with E-state index < -0.39 is 0 Å². The lowest BCUT2D eigenvalue weighted by molar-refractivity contribution is 0.0958. The summed E-state index contributed by atoms with van der Waals surface area (Å²) in [6.45, 7) is 4.95. The van der Waals surface area contributed by atoms with Crippen LogP contribution in [0.3, 0.4) is 0 Å². The Labute approximate surface area is 185 Å². The van der Waals surface area contributed by atoms with Crippen LogP contribution in [0.1, 0.15) is 34.3 Å². The van der Waals surface area contributed by atoms with Gasteiger partial charge in [-0.25, -0.2) is 0 Å². The Balaban J connectivity index is 1.48. The van der Waals surface area contributed by atoms with Crippen molar-refractivity contribution in [2.24, 2.45) is 0 Å². The zero-order chi connectivity index (χ0) is 21.6. The number of ether oxygens (including phenoxy) is 1. The van der Waals surface area contributed by atoms with Crippen molar-refractivity contribution in [3.05, 3.63) is 95.6 Å². The summed E-state index contributed by atoms with van der Waals surface area (Å²) in [5.41, 5.74) is 4.18. The Bertz CT molecular complexity index is 993. The topological polar surface area (TPSA) is 32.8 Å². The number of benzene rings is 3. The zero-order valence-electron chi connectivity index (χ0n) is 18.3. The average molecular weight is 415 g/mol. The van der Waals surface area contributed by atoms with E-state index >= 15 is 0 Å². The molecule has 31 heavy (non-hydrogen) atoms. The standard InChI is InChI=1S/C27H30N2O2/c1-21-7-6-10-25(19-21)29(27(30)23-8-4-3-5-9-23)24-15-17-28(18-16-24)20-22-11-13-26(31-2)14-12-22/h3-14,19,24H,15-18,20H2,1-2H3. The molecule has 4 rings (SSSR count). The van der Waals surface area contributed by atoms with Crippen LogP contribution >= 0.6 is 0 Å². The highest BCUT2D eigenvalue weighted by atomic mass is 16.5. The third kappa shape index (κ3) is 5.15. The zero-order valence-corrected chi connectivity index (χ0v) is 18.3. The fraction of sp³-hybridized carbons (Fsp3) is 0.296. The van der Waals surface area contributed by atoms with E-state index in [4.69, 9.17) is 4.74 Å². The first-order chi connectivity index (χ1) is 15.1. The molecule has 3 aromatic carbocycles. The maximum Gasteiger partial charge on any atom is 0.258 e. The molecule has 1 saturated heterocycles. The number of nitrogens with zero attached hydrogens (tertiary/aromatic N) is 2. The highest BCUT2D eigenvalue weighted by Gasteiger charge is 2.30. The lowest BCUT2D eigenvalue weighted by Crippen LogP contribution is -2.47. The molecule has 0 N–H and O–H groups in total. The molecule has 1 amide bonds. The van der Waals surface area contributed by atoms with E-state index in [1.807, 2.05) is 53.4 Å². The molecular weight excluding hydrogens is 384 g/mol. The Morgan fingerprint density at radius 1 is 0.968 bits per heavy atom. The van der Waals surface area contributed by atoms with Crippen molar-refractivity contribution >= 4 is 11.6 Å². The van der Waals surface area contributed by atoms with Crippen LogP contribution in [0.5, 0.6) is 5.75 Å². The van der Waals surface area contributed by atoms with Crippen molar-refractivity contribution in [3.8, 4) is 5.75 Å². The number of piperidine rings is 1. The first-order valence-electron chi connectivity index (χ1n) is 10.9. The van der Waals surface area contributed by atoms with Gasteiger partial charge >= 0.3 is 0 Å². The van der Waals surface area contributed by atoms with Gasteiger partial charge in [-0.05, 0) is 67.3 Å². The van der Waals surface area contributed by atoms with Crippen molar-refractivity contribution in [2.45, 2.75) is 32.4 Å². The van der Waals surface area contributed by atoms with E-state index in [9.17, 15) is 4.79 Å². The fourth-order valence-corrected chi connectivity index (χ4v) is 4.32. The summed E-state index contributed by atoms with van der Waals surface area (Å²) in [4.78, 5) is 18.0. The number of amides is 1. The van der Waals surface area contributed by atoms with Gasteiger partial charge in [0.25, 0.3) is 5.91 Å². The van der Waals surface area contributed by atoms with E-state index in [-0.39, 0.29) is 11.9 Å². The molecule has 160 valence electrons. The molecule has 1 aliphatic heterocycles. The van der Waals surface area contributed by atoms with Gasteiger partial charge in [-0.15, -0.1) is 0 Å². The third-order valence-corrected chi connectivity index (χ3v) is 6.01. The number of aryl methyl sites for hydroxylation is 1. The molecule has 3 aromatic rings. The smallest absolute Gasteiger partial charge is 0.258 e. The summed E-state index contributed by atoms with van der Waals surface area (Å²) in [5, 5.41) is 0. The average Bonchev–Trinajstić information content (AvgIpc) is 2.81. The fourth-order valence-electron chi connectivity index (χ4n) is 4.32. The largest absolute Gasteiger partial charge is 0.497 e. The lowest BCUT2D eigenvalue weighted by atomic mass is 9.99. The molecule has 4 nitrogen and oxygen atoms in total. The van der Waals surface area contributed by atoms with Crippen LogP contribution in [0.15, 0.2) is 78.9 Å². The second-order valence-electron chi connectivity index (χ2n) is 8.24. The third-order valence-electron chi connectivity index (χ3n) is 6.01. The molecule has 1 aliphatic rings. The van der Waals surface area contributed by atoms with Crippen LogP contribution in [0.25, 0.3) is 0 Å². The number of hydrogen-bond acceptors (Lipinski definition) is 3. The minimum absolute atomic E-state index is 0.0832. The quantitative estimate of drug-likeness (QED) is 0.548. The second-order valence-corrected chi connectivity index (χ2v) is 8.24. The van der Waals surface area contributed by atoms with Crippen LogP contribution in [0.4, 0.5) is 5.69 Å². The summed E-state index contributed by atoms with van der Waals surface area (Å²) >= 11 is 0. The van der Waals surface area contributed by atoms with E-state index in [0.717, 1.165) is 49.5 Å². The molecule has 0 unspecified atom stereocenters. The second kappa shape index (κ2) is 9.80. The molecule has 0 bridgehead atoms. The highest BCUT2D eigenvalue weighted by molar-refractivity contribution is 6.06. The van der Waals surface area contributed by atoms with Crippen molar-refractivity contribution in [3.63, 3.8) is 0 Å². The van der Waals surface area contributed by atoms with Crippen LogP contribution < -0.4 is 9.64 Å². The molecule has 0 atom stereocenters. The van der Waals surface area contributed by atoms with Gasteiger partial charge in [-0.2, -0.15) is 0 Å². The number of carbonyl (C=O) groups is 1. The molecule has 1 heterocycles. The molecule has 0 aliphatic carbocycles. The first-order valence-corrected chi connectivity index (χ1v) is 10.9. The van der Waals surface area contributed by atoms with Crippen molar-refractivity contribution in [1.29, 1.82) is 0 Å². The summed E-state index contributed by atoms with van der Waals surface area (Å²) in [6, 6.07) is 26.4. The number of carbonyl (C=O) groups excluding carboxylic acids is 1. The number of hydrogen-bond donors (Lipinski definition) is 0. The van der Waals surface area contributed by atoms with Crippen LogP contribution in [0, 0.1) is 6.92 Å². The van der Waals surface area contributed by atoms with Gasteiger partial charge in [0.05, 0.1) is 7.11 Å². The van der Waals surface area contributed by atoms with Gasteiger partial charge < -0.3 is 9.64 Å². The van der Waals surface area contributed by atoms with Gasteiger partial charge in [0, 0.05) is 36.9 Å². The van der Waals surface area contributed by atoms with E-state index in [2.05, 4.69) is 42.2 Å². The predicted molar refractivity (Wildman–Crippen MR) is 126 cm³/mol. The highest BCUT2D eigenvalue weighted by Crippen LogP contribution is 2.27. The number of anilines is 1. The molecule has 0 radical (unpaired) electrons. The SMILES string of the molecule is COc1ccc(CN2CCC(N(C(=O)c3ccccc3)c3cccc(C)c3)CC2)cc1. The van der Waals surface area contributed by atoms with Gasteiger partial charge in [0.1, 0.15) is 5.75 Å². The molecule has 4 heteroatoms. The van der Waals surface area contributed by atoms with Gasteiger partial charge in [-0.3, -0.25) is 9.69 Å². The predicted octanol–water partition coefficient (Wildman–Crippen LogP) is 5.32. The summed E-state index contributed by atoms with van der Waals surface area (Å²) < 4.78 is 5.26. The van der Waals surface area contributed by atoms with E-state index in [0.29, 0.717) is 0 Å². The van der Waals surface area contributed by atoms with Crippen LogP contribution in [-0.2, 0) is 6.54 Å². The van der Waals surface area contributed by atoms with Crippen molar-refractivity contribution in [2.75, 3.05) is 25.1 Å². The van der Waals surface area contributed by atoms with Crippen LogP contribution in [-0.4, -0.2) is 37.0 Å². The molecule has 0 aromatic heterocycles. The number of likely N-dealkylation sites (tertiary alicyclic amines) is 1. The molecule has 0 saturated carbocycles. The first kappa shape index (κ1) is 21.1. The minimum Gasteiger partial charge on any atom is -0.497 e. The summed E-state index contributed by atoms with van der Waals surface area (Å²) in [6.07, 6.45) is 1.92. The lowest BCUT2D eigenvalue weighted by Gasteiger charge is -2.39. The van der Waals surface area contributed by atoms with Gasteiger partial charge in [0.15, 0.2) is 0 Å². The maximum absolute atomic E-state index is 13.5. The molecular formula is C27H30N2O2. The Morgan fingerprint density at radius 3 is 2.32 bits per heavy atom. The maximum atomic E-state index is 13.5. The normalized spacial score (nSPS) is 14.9. The van der Waals surface area contributed by atoms with Crippen molar-refractivity contribution < 1.29 is 9.53 Å². The monoisotopic (exact) mass is 414 g/mol. The van der Waals surface area contributed by atoms with Crippen LogP contribution in [0.2, 0.25) is 0 Å². The molecule has 0 spiro atoms. The Kier molecular flexibility index (Phi) is 6.68. The minimum atomic E-state index is 0.0832. The molecule has 1 fully saturated rings. The van der Waals surface area contributed by atoms with Crippen molar-refractivity contribution in [1.82, 2.24) is 4.90 Å². The summed E-state index contributed by atoms with van der Waals surface area (Å²) in [5.74, 6) is 0.968. The summed E-state index contributed by atoms with van der Waals surface area (Å²) in [7, 11) is 1.69. The number of rotatable bonds is 6. The van der Waals surface area contributed by atoms with Gasteiger partial charge in [0.2, 0.25) is 0 Å².